The van der Waals surface area contributed by atoms with Crippen molar-refractivity contribution in [3.05, 3.63) is 27.2 Å². The van der Waals surface area contributed by atoms with Crippen LogP contribution in [0.1, 0.15) is 25.3 Å². The molecule has 0 saturated carbocycles. The van der Waals surface area contributed by atoms with E-state index in [1.54, 1.807) is 6.07 Å². The van der Waals surface area contributed by atoms with Crippen LogP contribution in [0.15, 0.2) is 16.6 Å². The van der Waals surface area contributed by atoms with E-state index >= 15 is 0 Å². The first-order valence-corrected chi connectivity index (χ1v) is 7.68. The molecule has 5 nitrogen and oxygen atoms in total. The largest absolute Gasteiger partial charge is 0.335 e. The maximum atomic E-state index is 12.5. The first kappa shape index (κ1) is 16.0. The van der Waals surface area contributed by atoms with Crippen LogP contribution >= 0.6 is 27.5 Å². The monoisotopic (exact) mass is 372 g/mol. The Morgan fingerprint density at radius 2 is 2.00 bits per heavy atom. The predicted molar refractivity (Wildman–Crippen MR) is 83.3 cm³/mol. The van der Waals surface area contributed by atoms with E-state index in [-0.39, 0.29) is 0 Å². The number of hydrogen-bond donors (Lipinski definition) is 1. The fraction of sp³-hybridized carbons (Fsp3) is 0.357. The third-order valence-electron chi connectivity index (χ3n) is 3.31. The maximum Gasteiger partial charge on any atom is 0.335 e. The lowest BCUT2D eigenvalue weighted by Gasteiger charge is -2.30. The number of carbonyl (C=O) groups excluding carboxylic acids is 3. The lowest BCUT2D eigenvalue weighted by molar-refractivity contribution is -0.134. The van der Waals surface area contributed by atoms with Crippen LogP contribution in [-0.2, 0) is 9.59 Å². The number of halogens is 2. The van der Waals surface area contributed by atoms with Gasteiger partial charge in [-0.1, -0.05) is 24.9 Å². The molecule has 1 fully saturated rings. The van der Waals surface area contributed by atoms with E-state index in [9.17, 15) is 14.4 Å². The Morgan fingerprint density at radius 3 is 2.62 bits per heavy atom. The highest BCUT2D eigenvalue weighted by molar-refractivity contribution is 9.10. The van der Waals surface area contributed by atoms with E-state index in [2.05, 4.69) is 21.2 Å². The average molecular weight is 374 g/mol. The van der Waals surface area contributed by atoms with Crippen molar-refractivity contribution in [2.75, 3.05) is 4.90 Å². The van der Waals surface area contributed by atoms with Crippen molar-refractivity contribution >= 4 is 51.1 Å². The SMILES string of the molecule is CCCC1C(=O)NC(=O)N(c2cc(Cl)c(C)cc2Br)C1=O. The second kappa shape index (κ2) is 6.15. The van der Waals surface area contributed by atoms with Gasteiger partial charge in [0.25, 0.3) is 0 Å². The minimum atomic E-state index is -0.848. The number of carbonyl (C=O) groups is 3. The summed E-state index contributed by atoms with van der Waals surface area (Å²) in [6, 6.07) is 2.51. The number of hydrogen-bond acceptors (Lipinski definition) is 3. The Kier molecular flexibility index (Phi) is 4.68. The standard InChI is InChI=1S/C14H14BrClN2O3/c1-3-4-8-12(19)17-14(21)18(13(8)20)11-6-10(16)7(2)5-9(11)15/h5-6,8H,3-4H2,1-2H3,(H,17,19,21). The normalized spacial score (nSPS) is 19.0. The summed E-state index contributed by atoms with van der Waals surface area (Å²) in [5.74, 6) is -1.91. The first-order valence-electron chi connectivity index (χ1n) is 6.51. The quantitative estimate of drug-likeness (QED) is 0.826. The van der Waals surface area contributed by atoms with Crippen LogP contribution in [0.25, 0.3) is 0 Å². The zero-order valence-electron chi connectivity index (χ0n) is 11.6. The zero-order valence-corrected chi connectivity index (χ0v) is 13.9. The zero-order chi connectivity index (χ0) is 15.7. The van der Waals surface area contributed by atoms with E-state index in [1.165, 1.54) is 6.07 Å². The van der Waals surface area contributed by atoms with Crippen molar-refractivity contribution in [2.45, 2.75) is 26.7 Å². The van der Waals surface area contributed by atoms with Crippen molar-refractivity contribution in [1.29, 1.82) is 0 Å². The second-order valence-corrected chi connectivity index (χ2v) is 6.12. The highest BCUT2D eigenvalue weighted by Gasteiger charge is 2.41. The molecule has 1 aliphatic heterocycles. The van der Waals surface area contributed by atoms with Crippen molar-refractivity contribution in [3.8, 4) is 0 Å². The molecule has 1 N–H and O–H groups in total. The predicted octanol–water partition coefficient (Wildman–Crippen LogP) is 3.41. The number of barbiturate groups is 1. The fourth-order valence-corrected chi connectivity index (χ4v) is 2.99. The lowest BCUT2D eigenvalue weighted by Crippen LogP contribution is -2.58. The highest BCUT2D eigenvalue weighted by atomic mass is 79.9. The second-order valence-electron chi connectivity index (χ2n) is 4.86. The Morgan fingerprint density at radius 1 is 1.33 bits per heavy atom. The third-order valence-corrected chi connectivity index (χ3v) is 4.36. The Hall–Kier alpha value is -1.40. The van der Waals surface area contributed by atoms with Gasteiger partial charge >= 0.3 is 6.03 Å². The van der Waals surface area contributed by atoms with Gasteiger partial charge in [-0.15, -0.1) is 0 Å². The van der Waals surface area contributed by atoms with E-state index in [4.69, 9.17) is 11.6 Å². The van der Waals surface area contributed by atoms with Gasteiger partial charge in [-0.25, -0.2) is 9.69 Å². The molecular weight excluding hydrogens is 360 g/mol. The van der Waals surface area contributed by atoms with Crippen LogP contribution in [0.5, 0.6) is 0 Å². The van der Waals surface area contributed by atoms with Gasteiger partial charge in [0.05, 0.1) is 5.69 Å². The van der Waals surface area contributed by atoms with E-state index in [0.717, 1.165) is 10.5 Å². The molecule has 1 unspecified atom stereocenters. The van der Waals surface area contributed by atoms with Crippen LogP contribution in [-0.4, -0.2) is 17.8 Å². The maximum absolute atomic E-state index is 12.5. The summed E-state index contributed by atoms with van der Waals surface area (Å²) < 4.78 is 0.567. The Balaban J connectivity index is 2.46. The summed E-state index contributed by atoms with van der Waals surface area (Å²) in [5, 5.41) is 2.66. The minimum Gasteiger partial charge on any atom is -0.277 e. The number of benzene rings is 1. The molecule has 0 spiro atoms. The third kappa shape index (κ3) is 2.96. The molecule has 112 valence electrons. The van der Waals surface area contributed by atoms with E-state index in [0.29, 0.717) is 28.0 Å². The molecule has 0 aliphatic carbocycles. The van der Waals surface area contributed by atoms with Crippen LogP contribution in [0.4, 0.5) is 10.5 Å². The number of nitrogens with zero attached hydrogens (tertiary/aromatic N) is 1. The highest BCUT2D eigenvalue weighted by Crippen LogP contribution is 2.34. The van der Waals surface area contributed by atoms with E-state index in [1.807, 2.05) is 13.8 Å². The molecule has 21 heavy (non-hydrogen) atoms. The smallest absolute Gasteiger partial charge is 0.277 e. The van der Waals surface area contributed by atoms with Gasteiger partial charge in [0.1, 0.15) is 5.92 Å². The van der Waals surface area contributed by atoms with Gasteiger partial charge in [0, 0.05) is 9.50 Å². The van der Waals surface area contributed by atoms with Crippen LogP contribution < -0.4 is 10.2 Å². The molecule has 1 saturated heterocycles. The number of anilines is 1. The van der Waals surface area contributed by atoms with Crippen molar-refractivity contribution < 1.29 is 14.4 Å². The molecular formula is C14H14BrClN2O3. The van der Waals surface area contributed by atoms with E-state index < -0.39 is 23.8 Å². The van der Waals surface area contributed by atoms with Crippen LogP contribution in [0.2, 0.25) is 5.02 Å². The number of imide groups is 2. The molecule has 1 aromatic rings. The van der Waals surface area contributed by atoms with Crippen molar-refractivity contribution in [3.63, 3.8) is 0 Å². The molecule has 0 bridgehead atoms. The molecule has 0 aromatic heterocycles. The number of aryl methyl sites for hydroxylation is 1. The summed E-state index contributed by atoms with van der Waals surface area (Å²) in [4.78, 5) is 37.2. The Labute approximate surface area is 135 Å². The summed E-state index contributed by atoms with van der Waals surface area (Å²) in [7, 11) is 0. The molecule has 1 aliphatic rings. The summed E-state index contributed by atoms with van der Waals surface area (Å²) >= 11 is 9.40. The number of nitrogens with one attached hydrogen (secondary N) is 1. The minimum absolute atomic E-state index is 0.335. The summed E-state index contributed by atoms with van der Waals surface area (Å²) in [5.41, 5.74) is 1.15. The number of amides is 4. The first-order chi connectivity index (χ1) is 9.86. The molecule has 1 atom stereocenters. The molecule has 1 aromatic carbocycles. The van der Waals surface area contributed by atoms with Gasteiger partial charge in [0.2, 0.25) is 11.8 Å². The lowest BCUT2D eigenvalue weighted by atomic mass is 9.99. The van der Waals surface area contributed by atoms with Crippen LogP contribution in [0, 0.1) is 12.8 Å². The molecule has 1 heterocycles. The topological polar surface area (TPSA) is 66.5 Å². The molecule has 2 rings (SSSR count). The van der Waals surface area contributed by atoms with Crippen LogP contribution in [0.3, 0.4) is 0 Å². The molecule has 4 amide bonds. The van der Waals surface area contributed by atoms with Gasteiger partial charge in [-0.2, -0.15) is 0 Å². The van der Waals surface area contributed by atoms with Crippen molar-refractivity contribution in [1.82, 2.24) is 5.32 Å². The van der Waals surface area contributed by atoms with Gasteiger partial charge < -0.3 is 0 Å². The molecule has 7 heteroatoms. The summed E-state index contributed by atoms with van der Waals surface area (Å²) in [6.45, 7) is 3.69. The summed E-state index contributed by atoms with van der Waals surface area (Å²) in [6.07, 6.45) is 1.06. The Bertz CT molecular complexity index is 633. The number of rotatable bonds is 3. The fourth-order valence-electron chi connectivity index (χ4n) is 2.19. The van der Waals surface area contributed by atoms with Gasteiger partial charge in [-0.05, 0) is 47.0 Å². The van der Waals surface area contributed by atoms with Gasteiger partial charge in [0.15, 0.2) is 0 Å². The van der Waals surface area contributed by atoms with Crippen molar-refractivity contribution in [2.24, 2.45) is 5.92 Å². The average Bonchev–Trinajstić information content (AvgIpc) is 2.40. The number of urea groups is 1. The van der Waals surface area contributed by atoms with Gasteiger partial charge in [-0.3, -0.25) is 14.9 Å². The molecule has 0 radical (unpaired) electrons.